The Labute approximate surface area is 169 Å². The van der Waals surface area contributed by atoms with Crippen molar-refractivity contribution in [3.63, 3.8) is 0 Å². The summed E-state index contributed by atoms with van der Waals surface area (Å²) < 4.78 is 5.33. The van der Waals surface area contributed by atoms with Crippen LogP contribution < -0.4 is 14.5 Å². The van der Waals surface area contributed by atoms with Crippen molar-refractivity contribution in [3.05, 3.63) is 59.1 Å². The van der Waals surface area contributed by atoms with Crippen molar-refractivity contribution in [2.24, 2.45) is 0 Å². The van der Waals surface area contributed by atoms with E-state index in [0.29, 0.717) is 17.0 Å². The highest BCUT2D eigenvalue weighted by molar-refractivity contribution is 6.60. The normalized spacial score (nSPS) is 17.5. The van der Waals surface area contributed by atoms with Crippen molar-refractivity contribution in [2.45, 2.75) is 19.3 Å². The summed E-state index contributed by atoms with van der Waals surface area (Å²) in [5.74, 6) is -0.456. The van der Waals surface area contributed by atoms with Gasteiger partial charge in [0.1, 0.15) is 10.8 Å². The number of ether oxygens (including phenoxy) is 1. The SMILES string of the molecule is COc1ccccc1C1=C(Cl)C(=O)N(c2ccc(N3CCCCC3)cc2)C1=O. The van der Waals surface area contributed by atoms with Crippen LogP contribution in [-0.2, 0) is 9.59 Å². The Bertz CT molecular complexity index is 947. The summed E-state index contributed by atoms with van der Waals surface area (Å²) in [5.41, 5.74) is 2.30. The van der Waals surface area contributed by atoms with Crippen LogP contribution in [0.5, 0.6) is 5.75 Å². The average Bonchev–Trinajstić information content (AvgIpc) is 2.97. The molecular formula is C22H21ClN2O3. The Hall–Kier alpha value is -2.79. The highest BCUT2D eigenvalue weighted by Gasteiger charge is 2.40. The number of piperidine rings is 1. The van der Waals surface area contributed by atoms with E-state index in [9.17, 15) is 9.59 Å². The molecule has 1 saturated heterocycles. The number of nitrogens with zero attached hydrogens (tertiary/aromatic N) is 2. The lowest BCUT2D eigenvalue weighted by molar-refractivity contribution is -0.119. The topological polar surface area (TPSA) is 49.9 Å². The molecule has 0 atom stereocenters. The van der Waals surface area contributed by atoms with E-state index < -0.39 is 11.8 Å². The van der Waals surface area contributed by atoms with Crippen LogP contribution in [-0.4, -0.2) is 32.0 Å². The highest BCUT2D eigenvalue weighted by Crippen LogP contribution is 2.38. The Morgan fingerprint density at radius 2 is 1.50 bits per heavy atom. The monoisotopic (exact) mass is 396 g/mol. The summed E-state index contributed by atoms with van der Waals surface area (Å²) in [6.07, 6.45) is 3.64. The second-order valence-corrected chi connectivity index (χ2v) is 7.28. The molecule has 2 aliphatic heterocycles. The van der Waals surface area contributed by atoms with Crippen molar-refractivity contribution in [2.75, 3.05) is 30.0 Å². The van der Waals surface area contributed by atoms with Gasteiger partial charge in [-0.15, -0.1) is 0 Å². The average molecular weight is 397 g/mol. The smallest absolute Gasteiger partial charge is 0.277 e. The van der Waals surface area contributed by atoms with Gasteiger partial charge in [-0.2, -0.15) is 0 Å². The van der Waals surface area contributed by atoms with E-state index in [1.807, 2.05) is 12.1 Å². The van der Waals surface area contributed by atoms with Gasteiger partial charge in [0.15, 0.2) is 0 Å². The lowest BCUT2D eigenvalue weighted by atomic mass is 10.0. The summed E-state index contributed by atoms with van der Waals surface area (Å²) in [6, 6.07) is 14.6. The molecule has 4 rings (SSSR count). The van der Waals surface area contributed by atoms with Crippen molar-refractivity contribution in [3.8, 4) is 5.75 Å². The Kier molecular flexibility index (Phi) is 5.09. The fraction of sp³-hybridized carbons (Fsp3) is 0.273. The molecule has 0 bridgehead atoms. The first-order chi connectivity index (χ1) is 13.6. The maximum absolute atomic E-state index is 13.1. The number of carbonyl (C=O) groups is 2. The molecule has 1 fully saturated rings. The van der Waals surface area contributed by atoms with Gasteiger partial charge in [0.25, 0.3) is 11.8 Å². The van der Waals surface area contributed by atoms with Crippen LogP contribution in [0, 0.1) is 0 Å². The first-order valence-corrected chi connectivity index (χ1v) is 9.76. The molecule has 6 heteroatoms. The van der Waals surface area contributed by atoms with Gasteiger partial charge < -0.3 is 9.64 Å². The molecule has 28 heavy (non-hydrogen) atoms. The van der Waals surface area contributed by atoms with Gasteiger partial charge >= 0.3 is 0 Å². The number of imide groups is 1. The minimum Gasteiger partial charge on any atom is -0.496 e. The van der Waals surface area contributed by atoms with Gasteiger partial charge in [0, 0.05) is 24.3 Å². The van der Waals surface area contributed by atoms with Crippen LogP contribution in [0.1, 0.15) is 24.8 Å². The molecule has 0 aliphatic carbocycles. The fourth-order valence-electron chi connectivity index (χ4n) is 3.79. The van der Waals surface area contributed by atoms with Crippen LogP contribution in [0.2, 0.25) is 0 Å². The van der Waals surface area contributed by atoms with Gasteiger partial charge in [-0.1, -0.05) is 29.8 Å². The van der Waals surface area contributed by atoms with E-state index in [-0.39, 0.29) is 10.6 Å². The first-order valence-electron chi connectivity index (χ1n) is 9.39. The summed E-state index contributed by atoms with van der Waals surface area (Å²) in [6.45, 7) is 2.07. The van der Waals surface area contributed by atoms with Crippen molar-refractivity contribution in [1.29, 1.82) is 0 Å². The van der Waals surface area contributed by atoms with Crippen LogP contribution >= 0.6 is 11.6 Å². The molecule has 0 spiro atoms. The molecule has 0 aromatic heterocycles. The molecule has 0 radical (unpaired) electrons. The molecule has 5 nitrogen and oxygen atoms in total. The molecule has 0 saturated carbocycles. The number of para-hydroxylation sites is 1. The largest absolute Gasteiger partial charge is 0.496 e. The second kappa shape index (κ2) is 7.68. The number of anilines is 2. The standard InChI is InChI=1S/C22H21ClN2O3/c1-28-18-8-4-3-7-17(18)19-20(23)22(27)25(21(19)26)16-11-9-15(10-12-16)24-13-5-2-6-14-24/h3-4,7-12H,2,5-6,13-14H2,1H3. The van der Waals surface area contributed by atoms with Crippen LogP contribution in [0.4, 0.5) is 11.4 Å². The summed E-state index contributed by atoms with van der Waals surface area (Å²) >= 11 is 6.29. The third-order valence-corrected chi connectivity index (χ3v) is 5.58. The van der Waals surface area contributed by atoms with Gasteiger partial charge in [-0.25, -0.2) is 4.90 Å². The van der Waals surface area contributed by atoms with Gasteiger partial charge in [0.2, 0.25) is 0 Å². The molecule has 144 valence electrons. The summed E-state index contributed by atoms with van der Waals surface area (Å²) in [4.78, 5) is 29.3. The number of hydrogen-bond donors (Lipinski definition) is 0. The maximum Gasteiger partial charge on any atom is 0.277 e. The zero-order valence-corrected chi connectivity index (χ0v) is 16.4. The van der Waals surface area contributed by atoms with E-state index in [0.717, 1.165) is 23.7 Å². The predicted molar refractivity (Wildman–Crippen MR) is 111 cm³/mol. The number of hydrogen-bond acceptors (Lipinski definition) is 4. The quantitative estimate of drug-likeness (QED) is 0.726. The van der Waals surface area contributed by atoms with Crippen molar-refractivity contribution >= 4 is 40.4 Å². The number of benzene rings is 2. The number of rotatable bonds is 4. The molecule has 2 heterocycles. The summed E-state index contributed by atoms with van der Waals surface area (Å²) in [7, 11) is 1.52. The number of amides is 2. The van der Waals surface area contributed by atoms with E-state index in [2.05, 4.69) is 4.90 Å². The molecule has 2 amide bonds. The lowest BCUT2D eigenvalue weighted by Gasteiger charge is -2.29. The Morgan fingerprint density at radius 1 is 0.857 bits per heavy atom. The third kappa shape index (κ3) is 3.16. The van der Waals surface area contributed by atoms with Crippen molar-refractivity contribution < 1.29 is 14.3 Å². The Morgan fingerprint density at radius 3 is 2.18 bits per heavy atom. The zero-order chi connectivity index (χ0) is 19.7. The molecule has 2 aliphatic rings. The molecular weight excluding hydrogens is 376 g/mol. The molecule has 0 N–H and O–H groups in total. The number of methoxy groups -OCH3 is 1. The third-order valence-electron chi connectivity index (χ3n) is 5.23. The van der Waals surface area contributed by atoms with Crippen molar-refractivity contribution in [1.82, 2.24) is 0 Å². The Balaban J connectivity index is 1.63. The van der Waals surface area contributed by atoms with E-state index in [1.54, 1.807) is 36.4 Å². The summed E-state index contributed by atoms with van der Waals surface area (Å²) in [5, 5.41) is -0.0883. The predicted octanol–water partition coefficient (Wildman–Crippen LogP) is 4.21. The first kappa shape index (κ1) is 18.6. The van der Waals surface area contributed by atoms with Crippen LogP contribution in [0.25, 0.3) is 5.57 Å². The van der Waals surface area contributed by atoms with Crippen LogP contribution in [0.3, 0.4) is 0 Å². The van der Waals surface area contributed by atoms with Gasteiger partial charge in [0.05, 0.1) is 18.4 Å². The number of halogens is 1. The fourth-order valence-corrected chi connectivity index (χ4v) is 4.05. The minimum absolute atomic E-state index is 0.0883. The minimum atomic E-state index is -0.515. The second-order valence-electron chi connectivity index (χ2n) is 6.90. The zero-order valence-electron chi connectivity index (χ0n) is 15.7. The molecule has 2 aromatic rings. The van der Waals surface area contributed by atoms with Gasteiger partial charge in [-0.3, -0.25) is 9.59 Å². The maximum atomic E-state index is 13.1. The van der Waals surface area contributed by atoms with E-state index in [1.165, 1.54) is 26.4 Å². The van der Waals surface area contributed by atoms with Crippen LogP contribution in [0.15, 0.2) is 53.6 Å². The van der Waals surface area contributed by atoms with E-state index >= 15 is 0 Å². The highest BCUT2D eigenvalue weighted by atomic mass is 35.5. The number of carbonyl (C=O) groups excluding carboxylic acids is 2. The molecule has 0 unspecified atom stereocenters. The van der Waals surface area contributed by atoms with Gasteiger partial charge in [-0.05, 0) is 49.6 Å². The lowest BCUT2D eigenvalue weighted by Crippen LogP contribution is -2.31. The molecule has 2 aromatic carbocycles. The van der Waals surface area contributed by atoms with E-state index in [4.69, 9.17) is 16.3 Å².